The zero-order chi connectivity index (χ0) is 16.0. The van der Waals surface area contributed by atoms with Crippen LogP contribution in [0.3, 0.4) is 0 Å². The first-order chi connectivity index (χ1) is 9.14. The van der Waals surface area contributed by atoms with Crippen molar-refractivity contribution in [1.29, 1.82) is 0 Å². The summed E-state index contributed by atoms with van der Waals surface area (Å²) in [7, 11) is 1.79. The number of hydrogen-bond acceptors (Lipinski definition) is 3. The Labute approximate surface area is 123 Å². The highest BCUT2D eigenvalue weighted by Gasteiger charge is 2.43. The zero-order valence-electron chi connectivity index (χ0n) is 13.9. The average molecular weight is 285 g/mol. The molecule has 0 aliphatic carbocycles. The number of carbonyl (C=O) groups excluding carboxylic acids is 1. The van der Waals surface area contributed by atoms with Crippen LogP contribution in [0.2, 0.25) is 0 Å². The smallest absolute Gasteiger partial charge is 0.236 e. The molecule has 1 amide bonds. The first kappa shape index (κ1) is 18.7. The number of carbonyl (C=O) groups is 1. The maximum Gasteiger partial charge on any atom is 0.236 e. The van der Waals surface area contributed by atoms with Crippen molar-refractivity contribution in [1.82, 2.24) is 4.90 Å². The lowest BCUT2D eigenvalue weighted by Gasteiger charge is -2.37. The van der Waals surface area contributed by atoms with Gasteiger partial charge in [-0.25, -0.2) is 0 Å². The molecule has 0 rings (SSSR count). The van der Waals surface area contributed by atoms with Crippen molar-refractivity contribution >= 4 is 11.7 Å². The number of nitrogens with zero attached hydrogens (tertiary/aromatic N) is 2. The van der Waals surface area contributed by atoms with Crippen LogP contribution in [0.1, 0.15) is 60.3 Å². The van der Waals surface area contributed by atoms with Gasteiger partial charge in [0.15, 0.2) is 5.84 Å². The fraction of sp³-hybridized carbons (Fsp3) is 0.867. The summed E-state index contributed by atoms with van der Waals surface area (Å²) in [6, 6.07) is 0. The van der Waals surface area contributed by atoms with Gasteiger partial charge in [0.1, 0.15) is 5.41 Å². The number of oxime groups is 1. The summed E-state index contributed by atoms with van der Waals surface area (Å²) in [5.41, 5.74) is 5.02. The molecule has 0 fully saturated rings. The molecule has 0 aliphatic rings. The van der Waals surface area contributed by atoms with Crippen LogP contribution in [0, 0.1) is 10.8 Å². The van der Waals surface area contributed by atoms with Gasteiger partial charge in [-0.3, -0.25) is 4.79 Å². The van der Waals surface area contributed by atoms with Crippen LogP contribution in [0.15, 0.2) is 5.16 Å². The molecular weight excluding hydrogens is 254 g/mol. The Kier molecular flexibility index (Phi) is 7.03. The van der Waals surface area contributed by atoms with E-state index in [1.54, 1.807) is 11.9 Å². The molecule has 3 N–H and O–H groups in total. The van der Waals surface area contributed by atoms with Gasteiger partial charge in [0.2, 0.25) is 5.91 Å². The summed E-state index contributed by atoms with van der Waals surface area (Å²) in [5, 5.41) is 12.2. The standard InChI is InChI=1S/C15H31N3O2/c1-7-9-15(10-8-2,12(16)17-20)13(19)18(6)11-14(3,4)5/h20H,7-11H2,1-6H3,(H2,16,17). The molecule has 0 saturated carbocycles. The predicted molar refractivity (Wildman–Crippen MR) is 82.7 cm³/mol. The molecule has 0 aliphatic heterocycles. The van der Waals surface area contributed by atoms with Crippen LogP contribution in [0.5, 0.6) is 0 Å². The fourth-order valence-electron chi connectivity index (χ4n) is 2.80. The molecule has 20 heavy (non-hydrogen) atoms. The van der Waals surface area contributed by atoms with E-state index >= 15 is 0 Å². The molecule has 0 unspecified atom stereocenters. The van der Waals surface area contributed by atoms with Gasteiger partial charge in [-0.1, -0.05) is 52.6 Å². The Bertz CT molecular complexity index is 340. The van der Waals surface area contributed by atoms with E-state index in [4.69, 9.17) is 10.9 Å². The Morgan fingerprint density at radius 2 is 1.65 bits per heavy atom. The van der Waals surface area contributed by atoms with Gasteiger partial charge >= 0.3 is 0 Å². The summed E-state index contributed by atoms with van der Waals surface area (Å²) >= 11 is 0. The van der Waals surface area contributed by atoms with Gasteiger partial charge in [-0.15, -0.1) is 0 Å². The lowest BCUT2D eigenvalue weighted by molar-refractivity contribution is -0.139. The molecule has 0 radical (unpaired) electrons. The third-order valence-electron chi connectivity index (χ3n) is 3.42. The largest absolute Gasteiger partial charge is 0.409 e. The van der Waals surface area contributed by atoms with Crippen molar-refractivity contribution in [3.8, 4) is 0 Å². The molecule has 0 heterocycles. The third-order valence-corrected chi connectivity index (χ3v) is 3.42. The maximum atomic E-state index is 12.9. The molecule has 5 heteroatoms. The molecule has 0 aromatic rings. The van der Waals surface area contributed by atoms with E-state index in [9.17, 15) is 4.79 Å². The summed E-state index contributed by atoms with van der Waals surface area (Å²) in [6.45, 7) is 10.9. The van der Waals surface area contributed by atoms with Crippen molar-refractivity contribution in [2.24, 2.45) is 21.7 Å². The second-order valence-electron chi connectivity index (χ2n) is 6.79. The lowest BCUT2D eigenvalue weighted by atomic mass is 9.76. The number of amides is 1. The topological polar surface area (TPSA) is 78.9 Å². The van der Waals surface area contributed by atoms with E-state index in [1.807, 2.05) is 13.8 Å². The van der Waals surface area contributed by atoms with E-state index in [0.717, 1.165) is 12.8 Å². The molecule has 5 nitrogen and oxygen atoms in total. The molecule has 0 aromatic heterocycles. The molecule has 0 atom stereocenters. The number of hydrogen-bond donors (Lipinski definition) is 2. The minimum Gasteiger partial charge on any atom is -0.409 e. The quantitative estimate of drug-likeness (QED) is 0.327. The monoisotopic (exact) mass is 285 g/mol. The molecule has 0 saturated heterocycles. The summed E-state index contributed by atoms with van der Waals surface area (Å²) in [6.07, 6.45) is 2.82. The van der Waals surface area contributed by atoms with Gasteiger partial charge in [0, 0.05) is 13.6 Å². The lowest BCUT2D eigenvalue weighted by Crippen LogP contribution is -2.51. The summed E-state index contributed by atoms with van der Waals surface area (Å²) < 4.78 is 0. The van der Waals surface area contributed by atoms with Gasteiger partial charge in [0.25, 0.3) is 0 Å². The van der Waals surface area contributed by atoms with E-state index in [-0.39, 0.29) is 17.2 Å². The molecule has 118 valence electrons. The minimum atomic E-state index is -0.877. The average Bonchev–Trinajstić information content (AvgIpc) is 2.34. The fourth-order valence-corrected chi connectivity index (χ4v) is 2.80. The normalized spacial score (nSPS) is 13.4. The van der Waals surface area contributed by atoms with Crippen LogP contribution in [0.25, 0.3) is 0 Å². The number of nitrogens with two attached hydrogens (primary N) is 1. The van der Waals surface area contributed by atoms with Crippen molar-refractivity contribution < 1.29 is 10.0 Å². The number of rotatable bonds is 7. The van der Waals surface area contributed by atoms with Gasteiger partial charge in [-0.2, -0.15) is 0 Å². The molecule has 0 spiro atoms. The van der Waals surface area contributed by atoms with Crippen molar-refractivity contribution in [3.63, 3.8) is 0 Å². The highest BCUT2D eigenvalue weighted by atomic mass is 16.4. The van der Waals surface area contributed by atoms with Crippen molar-refractivity contribution in [2.75, 3.05) is 13.6 Å². The van der Waals surface area contributed by atoms with Crippen LogP contribution < -0.4 is 5.73 Å². The SMILES string of the molecule is CCCC(CCC)(C(=O)N(C)CC(C)(C)C)C(N)=NO. The van der Waals surface area contributed by atoms with Crippen molar-refractivity contribution in [3.05, 3.63) is 0 Å². The van der Waals surface area contributed by atoms with Crippen molar-refractivity contribution in [2.45, 2.75) is 60.3 Å². The summed E-state index contributed by atoms with van der Waals surface area (Å²) in [5.74, 6) is -0.0154. The Morgan fingerprint density at radius 1 is 1.20 bits per heavy atom. The molecule has 0 bridgehead atoms. The Morgan fingerprint density at radius 3 is 1.95 bits per heavy atom. The number of amidine groups is 1. The first-order valence-electron chi connectivity index (χ1n) is 7.38. The van der Waals surface area contributed by atoms with Gasteiger partial charge < -0.3 is 15.8 Å². The first-order valence-corrected chi connectivity index (χ1v) is 7.38. The Hall–Kier alpha value is -1.26. The zero-order valence-corrected chi connectivity index (χ0v) is 13.9. The highest BCUT2D eigenvalue weighted by molar-refractivity contribution is 6.06. The molecule has 0 aromatic carbocycles. The highest BCUT2D eigenvalue weighted by Crippen LogP contribution is 2.33. The van der Waals surface area contributed by atoms with Crippen LogP contribution in [-0.2, 0) is 4.79 Å². The van der Waals surface area contributed by atoms with E-state index in [1.165, 1.54) is 0 Å². The maximum absolute atomic E-state index is 12.9. The second kappa shape index (κ2) is 7.50. The van der Waals surface area contributed by atoms with Crippen LogP contribution >= 0.6 is 0 Å². The van der Waals surface area contributed by atoms with E-state index in [0.29, 0.717) is 19.4 Å². The van der Waals surface area contributed by atoms with Crippen LogP contribution in [-0.4, -0.2) is 35.4 Å². The minimum absolute atomic E-state index is 0.0136. The third kappa shape index (κ3) is 4.69. The Balaban J connectivity index is 5.44. The van der Waals surface area contributed by atoms with Gasteiger partial charge in [-0.05, 0) is 18.3 Å². The van der Waals surface area contributed by atoms with E-state index in [2.05, 4.69) is 25.9 Å². The van der Waals surface area contributed by atoms with Gasteiger partial charge in [0.05, 0.1) is 0 Å². The van der Waals surface area contributed by atoms with E-state index < -0.39 is 5.41 Å². The molecular formula is C15H31N3O2. The van der Waals surface area contributed by atoms with Crippen LogP contribution in [0.4, 0.5) is 0 Å². The predicted octanol–water partition coefficient (Wildman–Crippen LogP) is 2.82. The summed E-state index contributed by atoms with van der Waals surface area (Å²) in [4.78, 5) is 14.6. The second-order valence-corrected chi connectivity index (χ2v) is 6.79.